The van der Waals surface area contributed by atoms with Crippen LogP contribution in [0.25, 0.3) is 22.2 Å². The monoisotopic (exact) mass is 279 g/mol. The molecule has 0 aliphatic rings. The van der Waals surface area contributed by atoms with Crippen molar-refractivity contribution in [3.63, 3.8) is 0 Å². The van der Waals surface area contributed by atoms with E-state index < -0.39 is 0 Å². The van der Waals surface area contributed by atoms with Gasteiger partial charge in [-0.3, -0.25) is 9.78 Å². The molecule has 0 fully saturated rings. The highest BCUT2D eigenvalue weighted by Crippen LogP contribution is 2.26. The van der Waals surface area contributed by atoms with Crippen LogP contribution in [0.1, 0.15) is 24.7 Å². The van der Waals surface area contributed by atoms with Crippen LogP contribution in [0.3, 0.4) is 0 Å². The van der Waals surface area contributed by atoms with E-state index in [1.807, 2.05) is 30.3 Å². The van der Waals surface area contributed by atoms with Crippen molar-refractivity contribution in [3.8, 4) is 11.3 Å². The van der Waals surface area contributed by atoms with E-state index in [4.69, 9.17) is 0 Å². The number of pyridine rings is 1. The normalized spacial score (nSPS) is 11.0. The fraction of sp³-hybridized carbons (Fsp3) is 0.235. The number of nitrogens with zero attached hydrogens (tertiary/aromatic N) is 2. The lowest BCUT2D eigenvalue weighted by atomic mass is 10.0. The topological polar surface area (TPSA) is 58.6 Å². The molecule has 4 nitrogen and oxygen atoms in total. The maximum atomic E-state index is 12.1. The van der Waals surface area contributed by atoms with Crippen LogP contribution in [0.15, 0.2) is 41.3 Å². The Kier molecular flexibility index (Phi) is 3.52. The molecule has 1 aromatic carbocycles. The van der Waals surface area contributed by atoms with Crippen molar-refractivity contribution < 1.29 is 0 Å². The van der Waals surface area contributed by atoms with Crippen LogP contribution in [0.4, 0.5) is 0 Å². The number of hydrogen-bond acceptors (Lipinski definition) is 3. The lowest BCUT2D eigenvalue weighted by molar-refractivity contribution is 0.823. The average molecular weight is 279 g/mol. The van der Waals surface area contributed by atoms with Crippen LogP contribution in [0.2, 0.25) is 0 Å². The molecule has 3 rings (SSSR count). The van der Waals surface area contributed by atoms with Gasteiger partial charge in [0.25, 0.3) is 5.56 Å². The Bertz CT molecular complexity index is 847. The Morgan fingerprint density at radius 2 is 2.00 bits per heavy atom. The molecule has 106 valence electrons. The predicted molar refractivity (Wildman–Crippen MR) is 84.3 cm³/mol. The molecule has 0 aliphatic heterocycles. The number of aryl methyl sites for hydroxylation is 1. The van der Waals surface area contributed by atoms with Gasteiger partial charge in [-0.25, -0.2) is 4.98 Å². The summed E-state index contributed by atoms with van der Waals surface area (Å²) in [7, 11) is 0. The van der Waals surface area contributed by atoms with Crippen LogP contribution < -0.4 is 5.56 Å². The van der Waals surface area contributed by atoms with Crippen LogP contribution in [-0.2, 0) is 6.42 Å². The van der Waals surface area contributed by atoms with Gasteiger partial charge in [-0.2, -0.15) is 0 Å². The van der Waals surface area contributed by atoms with Gasteiger partial charge in [0, 0.05) is 29.1 Å². The summed E-state index contributed by atoms with van der Waals surface area (Å²) in [6, 6.07) is 9.89. The number of hydrogen-bond donors (Lipinski definition) is 1. The summed E-state index contributed by atoms with van der Waals surface area (Å²) >= 11 is 0. The Balaban J connectivity index is 2.30. The Hall–Kier alpha value is -2.49. The average Bonchev–Trinajstić information content (AvgIpc) is 2.50. The maximum absolute atomic E-state index is 12.1. The van der Waals surface area contributed by atoms with Crippen molar-refractivity contribution in [2.75, 3.05) is 0 Å². The summed E-state index contributed by atoms with van der Waals surface area (Å²) in [6.45, 7) is 3.87. The van der Waals surface area contributed by atoms with Gasteiger partial charge in [0.15, 0.2) is 0 Å². The minimum Gasteiger partial charge on any atom is -0.310 e. The van der Waals surface area contributed by atoms with Crippen LogP contribution in [0.5, 0.6) is 0 Å². The minimum atomic E-state index is -0.0728. The molecule has 0 saturated heterocycles. The molecule has 0 atom stereocenters. The first kappa shape index (κ1) is 13.5. The van der Waals surface area contributed by atoms with Gasteiger partial charge in [-0.1, -0.05) is 31.2 Å². The zero-order valence-corrected chi connectivity index (χ0v) is 12.2. The van der Waals surface area contributed by atoms with Crippen molar-refractivity contribution in [3.05, 3.63) is 58.3 Å². The van der Waals surface area contributed by atoms with E-state index in [1.54, 1.807) is 13.1 Å². The smallest absolute Gasteiger partial charge is 0.254 e. The molecule has 1 N–H and O–H groups in total. The molecule has 0 unspecified atom stereocenters. The zero-order valence-electron chi connectivity index (χ0n) is 12.2. The molecule has 2 heterocycles. The fourth-order valence-corrected chi connectivity index (χ4v) is 2.49. The van der Waals surface area contributed by atoms with Crippen molar-refractivity contribution in [2.24, 2.45) is 0 Å². The molecule has 0 bridgehead atoms. The first-order valence-corrected chi connectivity index (χ1v) is 7.14. The molecular weight excluding hydrogens is 262 g/mol. The fourth-order valence-electron chi connectivity index (χ4n) is 2.49. The number of benzene rings is 1. The summed E-state index contributed by atoms with van der Waals surface area (Å²) in [4.78, 5) is 24.1. The summed E-state index contributed by atoms with van der Waals surface area (Å²) in [5.74, 6) is 0.732. The van der Waals surface area contributed by atoms with Crippen molar-refractivity contribution in [1.29, 1.82) is 0 Å². The van der Waals surface area contributed by atoms with E-state index in [-0.39, 0.29) is 5.56 Å². The maximum Gasteiger partial charge on any atom is 0.254 e. The zero-order chi connectivity index (χ0) is 14.8. The predicted octanol–water partition coefficient (Wildman–Crippen LogP) is 3.25. The standard InChI is InChI=1S/C17H17N3O/c1-3-6-14-19-15(11(2)17(21)20-14)13-9-4-7-12-8-5-10-18-16(12)13/h4-5,7-10H,3,6H2,1-2H3,(H,19,20,21). The van der Waals surface area contributed by atoms with Crippen LogP contribution >= 0.6 is 0 Å². The lowest BCUT2D eigenvalue weighted by Crippen LogP contribution is -2.16. The van der Waals surface area contributed by atoms with Gasteiger partial charge in [0.05, 0.1) is 11.2 Å². The van der Waals surface area contributed by atoms with Crippen molar-refractivity contribution in [2.45, 2.75) is 26.7 Å². The molecule has 2 aromatic heterocycles. The first-order valence-electron chi connectivity index (χ1n) is 7.14. The summed E-state index contributed by atoms with van der Waals surface area (Å²) in [5, 5.41) is 1.05. The second-order valence-electron chi connectivity index (χ2n) is 5.12. The first-order chi connectivity index (χ1) is 10.2. The van der Waals surface area contributed by atoms with Gasteiger partial charge < -0.3 is 4.98 Å². The van der Waals surface area contributed by atoms with Gasteiger partial charge in [-0.05, 0) is 19.4 Å². The number of fused-ring (bicyclic) bond motifs is 1. The molecular formula is C17H17N3O. The summed E-state index contributed by atoms with van der Waals surface area (Å²) in [5.41, 5.74) is 3.08. The largest absolute Gasteiger partial charge is 0.310 e. The van der Waals surface area contributed by atoms with E-state index in [1.165, 1.54) is 0 Å². The molecule has 4 heteroatoms. The van der Waals surface area contributed by atoms with Gasteiger partial charge >= 0.3 is 0 Å². The summed E-state index contributed by atoms with van der Waals surface area (Å²) < 4.78 is 0. The Morgan fingerprint density at radius 1 is 1.19 bits per heavy atom. The van der Waals surface area contributed by atoms with E-state index in [0.29, 0.717) is 5.56 Å². The molecule has 0 saturated carbocycles. The Morgan fingerprint density at radius 3 is 2.81 bits per heavy atom. The summed E-state index contributed by atoms with van der Waals surface area (Å²) in [6.07, 6.45) is 3.47. The number of H-pyrrole nitrogens is 1. The SMILES string of the molecule is CCCc1nc(-c2cccc3cccnc23)c(C)c(=O)[nH]1. The van der Waals surface area contributed by atoms with E-state index in [2.05, 4.69) is 21.9 Å². The van der Waals surface area contributed by atoms with Gasteiger partial charge in [0.2, 0.25) is 0 Å². The number of nitrogens with one attached hydrogen (secondary N) is 1. The third-order valence-electron chi connectivity index (χ3n) is 3.58. The Labute approximate surface area is 122 Å². The second kappa shape index (κ2) is 5.48. The molecule has 3 aromatic rings. The number of rotatable bonds is 3. The van der Waals surface area contributed by atoms with E-state index in [0.717, 1.165) is 40.8 Å². The highest BCUT2D eigenvalue weighted by Gasteiger charge is 2.12. The van der Waals surface area contributed by atoms with E-state index in [9.17, 15) is 4.79 Å². The highest BCUT2D eigenvalue weighted by molar-refractivity contribution is 5.93. The van der Waals surface area contributed by atoms with Crippen LogP contribution in [0, 0.1) is 6.92 Å². The number of para-hydroxylation sites is 1. The molecule has 0 spiro atoms. The van der Waals surface area contributed by atoms with Gasteiger partial charge in [-0.15, -0.1) is 0 Å². The van der Waals surface area contributed by atoms with Crippen molar-refractivity contribution in [1.82, 2.24) is 15.0 Å². The van der Waals surface area contributed by atoms with Crippen molar-refractivity contribution >= 4 is 10.9 Å². The number of aromatic amines is 1. The number of aromatic nitrogens is 3. The molecule has 0 radical (unpaired) electrons. The quantitative estimate of drug-likeness (QED) is 0.800. The molecule has 21 heavy (non-hydrogen) atoms. The second-order valence-corrected chi connectivity index (χ2v) is 5.12. The third kappa shape index (κ3) is 2.44. The third-order valence-corrected chi connectivity index (χ3v) is 3.58. The molecule has 0 aliphatic carbocycles. The minimum absolute atomic E-state index is 0.0728. The molecule has 0 amide bonds. The highest BCUT2D eigenvalue weighted by atomic mass is 16.1. The van der Waals surface area contributed by atoms with Gasteiger partial charge in [0.1, 0.15) is 5.82 Å². The van der Waals surface area contributed by atoms with Crippen LogP contribution in [-0.4, -0.2) is 15.0 Å². The lowest BCUT2D eigenvalue weighted by Gasteiger charge is -2.09. The van der Waals surface area contributed by atoms with E-state index >= 15 is 0 Å².